The van der Waals surface area contributed by atoms with Crippen molar-refractivity contribution in [3.05, 3.63) is 54.4 Å². The van der Waals surface area contributed by atoms with E-state index in [-0.39, 0.29) is 18.2 Å². The van der Waals surface area contributed by atoms with Crippen molar-refractivity contribution in [3.8, 4) is 11.8 Å². The van der Waals surface area contributed by atoms with Gasteiger partial charge in [0.2, 0.25) is 6.54 Å². The Balaban J connectivity index is 1.92. The molecule has 0 aliphatic heterocycles. The fraction of sp³-hybridized carbons (Fsp3) is 0.133. The van der Waals surface area contributed by atoms with Gasteiger partial charge in [-0.2, -0.15) is 18.6 Å². The molecule has 5 nitrogen and oxygen atoms in total. The molecule has 0 atom stereocenters. The molecule has 0 bridgehead atoms. The van der Waals surface area contributed by atoms with Gasteiger partial charge >= 0.3 is 6.61 Å². The van der Waals surface area contributed by atoms with Crippen molar-refractivity contribution in [1.82, 2.24) is 0 Å². The van der Waals surface area contributed by atoms with E-state index < -0.39 is 6.61 Å². The summed E-state index contributed by atoms with van der Waals surface area (Å²) in [6.45, 7) is -2.81. The first-order valence-corrected chi connectivity index (χ1v) is 6.31. The predicted octanol–water partition coefficient (Wildman–Crippen LogP) is 2.09. The Bertz CT molecular complexity index is 679. The predicted molar refractivity (Wildman–Crippen MR) is 73.1 cm³/mol. The molecule has 22 heavy (non-hydrogen) atoms. The van der Waals surface area contributed by atoms with Gasteiger partial charge in [-0.3, -0.25) is 4.79 Å². The fourth-order valence-electron chi connectivity index (χ4n) is 1.72. The fourth-order valence-corrected chi connectivity index (χ4v) is 1.72. The van der Waals surface area contributed by atoms with E-state index in [9.17, 15) is 13.6 Å². The molecule has 1 aromatic carbocycles. The third-order valence-corrected chi connectivity index (χ3v) is 2.71. The number of carbonyl (C=O) groups excluding carboxylic acids is 1. The van der Waals surface area contributed by atoms with Crippen LogP contribution >= 0.6 is 0 Å². The highest BCUT2D eigenvalue weighted by Crippen LogP contribution is 2.17. The summed E-state index contributed by atoms with van der Waals surface area (Å²) >= 11 is 0. The van der Waals surface area contributed by atoms with Crippen molar-refractivity contribution >= 4 is 11.6 Å². The second-order valence-electron chi connectivity index (χ2n) is 4.32. The highest BCUT2D eigenvalue weighted by atomic mass is 19.3. The molecule has 0 aliphatic carbocycles. The number of hydrogen-bond donors (Lipinski definition) is 1. The van der Waals surface area contributed by atoms with E-state index >= 15 is 0 Å². The van der Waals surface area contributed by atoms with Gasteiger partial charge in [0.05, 0.1) is 11.6 Å². The first-order chi connectivity index (χ1) is 10.6. The molecule has 1 amide bonds. The minimum atomic E-state index is -2.88. The van der Waals surface area contributed by atoms with Crippen molar-refractivity contribution in [1.29, 1.82) is 5.26 Å². The van der Waals surface area contributed by atoms with Crippen LogP contribution < -0.4 is 14.6 Å². The highest BCUT2D eigenvalue weighted by Gasteiger charge is 2.10. The summed E-state index contributed by atoms with van der Waals surface area (Å²) in [5.41, 5.74) is 0.979. The van der Waals surface area contributed by atoms with Crippen LogP contribution in [0.1, 0.15) is 5.56 Å². The number of carbonyl (C=O) groups is 1. The average Bonchev–Trinajstić information content (AvgIpc) is 2.49. The van der Waals surface area contributed by atoms with Crippen molar-refractivity contribution in [2.24, 2.45) is 0 Å². The van der Waals surface area contributed by atoms with Gasteiger partial charge in [0, 0.05) is 17.8 Å². The van der Waals surface area contributed by atoms with Crippen molar-refractivity contribution < 1.29 is 22.9 Å². The third kappa shape index (κ3) is 4.52. The number of aromatic nitrogens is 1. The zero-order chi connectivity index (χ0) is 15.9. The van der Waals surface area contributed by atoms with Crippen LogP contribution in [0.25, 0.3) is 0 Å². The normalized spacial score (nSPS) is 10.1. The van der Waals surface area contributed by atoms with E-state index in [4.69, 9.17) is 5.26 Å². The number of alkyl halides is 2. The summed E-state index contributed by atoms with van der Waals surface area (Å²) in [6.07, 6.45) is 3.25. The Morgan fingerprint density at radius 2 is 1.86 bits per heavy atom. The lowest BCUT2D eigenvalue weighted by Crippen LogP contribution is -2.39. The van der Waals surface area contributed by atoms with Crippen LogP contribution in [0.2, 0.25) is 0 Å². The Morgan fingerprint density at radius 1 is 1.23 bits per heavy atom. The summed E-state index contributed by atoms with van der Waals surface area (Å²) in [4.78, 5) is 11.9. The molecule has 0 radical (unpaired) electrons. The smallest absolute Gasteiger partial charge is 0.387 e. The maximum absolute atomic E-state index is 12.0. The number of pyridine rings is 1. The topological polar surface area (TPSA) is 66.0 Å². The number of amides is 1. The Hall–Kier alpha value is -3.01. The SMILES string of the molecule is N#Cc1cc[n+](CC(=O)Nc2ccc(OC(F)F)cc2)cc1. The maximum Gasteiger partial charge on any atom is 0.387 e. The molecular formula is C15H12F2N3O2+. The molecule has 7 heteroatoms. The standard InChI is InChI=1S/C15H11F2N3O2/c16-15(17)22-13-3-1-12(2-4-13)19-14(21)10-20-7-5-11(9-18)6-8-20/h1-8,15H,10H2/p+1. The van der Waals surface area contributed by atoms with Gasteiger partial charge in [0.1, 0.15) is 5.75 Å². The molecule has 2 aromatic rings. The lowest BCUT2D eigenvalue weighted by Gasteiger charge is -2.06. The molecular weight excluding hydrogens is 292 g/mol. The molecule has 2 rings (SSSR count). The molecule has 0 fully saturated rings. The molecule has 1 aromatic heterocycles. The van der Waals surface area contributed by atoms with Gasteiger partial charge in [0.25, 0.3) is 5.91 Å². The monoisotopic (exact) mass is 304 g/mol. The second-order valence-corrected chi connectivity index (χ2v) is 4.32. The minimum Gasteiger partial charge on any atom is -0.435 e. The molecule has 1 heterocycles. The van der Waals surface area contributed by atoms with Gasteiger partial charge in [-0.05, 0) is 24.3 Å². The lowest BCUT2D eigenvalue weighted by molar-refractivity contribution is -0.684. The summed E-state index contributed by atoms with van der Waals surface area (Å²) in [5.74, 6) is -0.258. The molecule has 0 aliphatic rings. The van der Waals surface area contributed by atoms with Crippen LogP contribution in [0.5, 0.6) is 5.75 Å². The zero-order valence-electron chi connectivity index (χ0n) is 11.4. The first-order valence-electron chi connectivity index (χ1n) is 6.31. The summed E-state index contributed by atoms with van der Waals surface area (Å²) in [7, 11) is 0. The van der Waals surface area contributed by atoms with E-state index in [1.54, 1.807) is 29.1 Å². The number of hydrogen-bond acceptors (Lipinski definition) is 3. The number of benzene rings is 1. The van der Waals surface area contributed by atoms with E-state index in [0.29, 0.717) is 11.3 Å². The third-order valence-electron chi connectivity index (χ3n) is 2.71. The Labute approximate surface area is 125 Å². The van der Waals surface area contributed by atoms with Crippen LogP contribution in [0.3, 0.4) is 0 Å². The minimum absolute atomic E-state index is 0.0227. The van der Waals surface area contributed by atoms with Gasteiger partial charge in [-0.15, -0.1) is 0 Å². The number of nitrogens with one attached hydrogen (secondary N) is 1. The van der Waals surface area contributed by atoms with E-state index in [1.165, 1.54) is 24.3 Å². The van der Waals surface area contributed by atoms with Crippen LogP contribution in [-0.2, 0) is 11.3 Å². The van der Waals surface area contributed by atoms with E-state index in [2.05, 4.69) is 10.1 Å². The van der Waals surface area contributed by atoms with Crippen LogP contribution in [0.15, 0.2) is 48.8 Å². The summed E-state index contributed by atoms with van der Waals surface area (Å²) in [5, 5.41) is 11.3. The van der Waals surface area contributed by atoms with Crippen molar-refractivity contribution in [2.45, 2.75) is 13.2 Å². The van der Waals surface area contributed by atoms with Gasteiger partial charge in [-0.25, -0.2) is 0 Å². The number of anilines is 1. The van der Waals surface area contributed by atoms with Crippen LogP contribution in [-0.4, -0.2) is 12.5 Å². The second kappa shape index (κ2) is 7.13. The van der Waals surface area contributed by atoms with E-state index in [0.717, 1.165) is 0 Å². The number of nitrogens with zero attached hydrogens (tertiary/aromatic N) is 2. The number of nitriles is 1. The van der Waals surface area contributed by atoms with Gasteiger partial charge < -0.3 is 10.1 Å². The number of ether oxygens (including phenoxy) is 1. The lowest BCUT2D eigenvalue weighted by atomic mass is 10.3. The molecule has 112 valence electrons. The maximum atomic E-state index is 12.0. The van der Waals surface area contributed by atoms with Gasteiger partial charge in [-0.1, -0.05) is 0 Å². The summed E-state index contributed by atoms with van der Waals surface area (Å²) < 4.78 is 29.9. The first kappa shape index (κ1) is 15.4. The molecule has 1 N–H and O–H groups in total. The molecule has 0 spiro atoms. The van der Waals surface area contributed by atoms with Crippen molar-refractivity contribution in [3.63, 3.8) is 0 Å². The Kier molecular flexibility index (Phi) is 4.98. The number of halogens is 2. The highest BCUT2D eigenvalue weighted by molar-refractivity contribution is 5.89. The Morgan fingerprint density at radius 3 is 2.41 bits per heavy atom. The summed E-state index contributed by atoms with van der Waals surface area (Å²) in [6, 6.07) is 10.8. The van der Waals surface area contributed by atoms with E-state index in [1.807, 2.05) is 6.07 Å². The largest absolute Gasteiger partial charge is 0.435 e. The average molecular weight is 304 g/mol. The van der Waals surface area contributed by atoms with Crippen molar-refractivity contribution in [2.75, 3.05) is 5.32 Å². The molecule has 0 unspecified atom stereocenters. The molecule has 0 saturated carbocycles. The van der Waals surface area contributed by atoms with Crippen LogP contribution in [0, 0.1) is 11.3 Å². The zero-order valence-corrected chi connectivity index (χ0v) is 11.4. The molecule has 0 saturated heterocycles. The number of rotatable bonds is 5. The van der Waals surface area contributed by atoms with Crippen LogP contribution in [0.4, 0.5) is 14.5 Å². The van der Waals surface area contributed by atoms with Gasteiger partial charge in [0.15, 0.2) is 12.4 Å². The quantitative estimate of drug-likeness (QED) is 0.860.